The Kier molecular flexibility index (Phi) is 3.82. The Morgan fingerprint density at radius 1 is 1.20 bits per heavy atom. The summed E-state index contributed by atoms with van der Waals surface area (Å²) in [5, 5.41) is 16.6. The number of aryl methyl sites for hydroxylation is 1. The van der Waals surface area contributed by atoms with Gasteiger partial charge in [0.05, 0.1) is 5.01 Å². The first-order chi connectivity index (χ1) is 12.2. The first-order valence-electron chi connectivity index (χ1n) is 7.28. The minimum absolute atomic E-state index is 0.0325. The summed E-state index contributed by atoms with van der Waals surface area (Å²) in [5.41, 5.74) is 1.51. The molecular formula is C16H11N5O3S. The number of thiazole rings is 1. The second-order valence-electron chi connectivity index (χ2n) is 5.06. The molecule has 0 bridgehead atoms. The molecule has 4 aromatic rings. The van der Waals surface area contributed by atoms with Gasteiger partial charge >= 0.3 is 6.01 Å². The molecule has 25 heavy (non-hydrogen) atoms. The third-order valence-electron chi connectivity index (χ3n) is 3.28. The van der Waals surface area contributed by atoms with Crippen LogP contribution in [0.1, 0.15) is 15.5 Å². The number of nitrogens with one attached hydrogen (secondary N) is 1. The van der Waals surface area contributed by atoms with E-state index in [9.17, 15) is 4.79 Å². The van der Waals surface area contributed by atoms with E-state index in [1.165, 1.54) is 11.3 Å². The van der Waals surface area contributed by atoms with Crippen LogP contribution in [0.4, 0.5) is 6.01 Å². The minimum Gasteiger partial charge on any atom is -0.401 e. The number of amides is 1. The predicted octanol–water partition coefficient (Wildman–Crippen LogP) is 3.41. The van der Waals surface area contributed by atoms with Crippen molar-refractivity contribution < 1.29 is 13.7 Å². The first kappa shape index (κ1) is 15.2. The van der Waals surface area contributed by atoms with Crippen molar-refractivity contribution in [1.29, 1.82) is 0 Å². The van der Waals surface area contributed by atoms with E-state index in [4.69, 9.17) is 8.94 Å². The van der Waals surface area contributed by atoms with Crippen LogP contribution in [0.15, 0.2) is 50.7 Å². The SMILES string of the molecule is Cc1nc(-c2nnc(NC(=O)c3cc(-c4ccccc4)on3)o2)cs1. The highest BCUT2D eigenvalue weighted by Gasteiger charge is 2.18. The van der Waals surface area contributed by atoms with Gasteiger partial charge in [-0.15, -0.1) is 16.4 Å². The van der Waals surface area contributed by atoms with E-state index in [-0.39, 0.29) is 17.6 Å². The molecule has 0 aliphatic rings. The second kappa shape index (κ2) is 6.29. The van der Waals surface area contributed by atoms with E-state index in [0.717, 1.165) is 10.6 Å². The van der Waals surface area contributed by atoms with Gasteiger partial charge in [-0.05, 0) is 6.92 Å². The molecule has 0 aliphatic carbocycles. The van der Waals surface area contributed by atoms with E-state index in [2.05, 4.69) is 25.7 Å². The van der Waals surface area contributed by atoms with Crippen molar-refractivity contribution in [2.24, 2.45) is 0 Å². The molecule has 0 aliphatic heterocycles. The smallest absolute Gasteiger partial charge is 0.322 e. The maximum atomic E-state index is 12.2. The van der Waals surface area contributed by atoms with Gasteiger partial charge < -0.3 is 8.94 Å². The molecule has 0 spiro atoms. The van der Waals surface area contributed by atoms with Crippen LogP contribution in [0.5, 0.6) is 0 Å². The molecule has 124 valence electrons. The van der Waals surface area contributed by atoms with Crippen LogP contribution in [0.3, 0.4) is 0 Å². The number of carbonyl (C=O) groups excluding carboxylic acids is 1. The number of nitrogens with zero attached hydrogens (tertiary/aromatic N) is 4. The fraction of sp³-hybridized carbons (Fsp3) is 0.0625. The monoisotopic (exact) mass is 353 g/mol. The molecule has 1 N–H and O–H groups in total. The summed E-state index contributed by atoms with van der Waals surface area (Å²) in [6.07, 6.45) is 0. The van der Waals surface area contributed by atoms with Gasteiger partial charge in [0.15, 0.2) is 11.5 Å². The molecule has 9 heteroatoms. The van der Waals surface area contributed by atoms with Gasteiger partial charge in [-0.2, -0.15) is 0 Å². The zero-order valence-corrected chi connectivity index (χ0v) is 13.8. The lowest BCUT2D eigenvalue weighted by Crippen LogP contribution is -2.12. The van der Waals surface area contributed by atoms with E-state index in [0.29, 0.717) is 11.5 Å². The van der Waals surface area contributed by atoms with E-state index in [1.807, 2.05) is 37.3 Å². The number of rotatable bonds is 4. The molecule has 3 aromatic heterocycles. The van der Waals surface area contributed by atoms with Gasteiger partial charge in [-0.3, -0.25) is 10.1 Å². The quantitative estimate of drug-likeness (QED) is 0.599. The Labute approximate surface area is 145 Å². The van der Waals surface area contributed by atoms with Crippen molar-refractivity contribution in [3.05, 3.63) is 52.5 Å². The number of benzene rings is 1. The van der Waals surface area contributed by atoms with Gasteiger partial charge in [0.1, 0.15) is 5.69 Å². The van der Waals surface area contributed by atoms with Crippen molar-refractivity contribution >= 4 is 23.3 Å². The Morgan fingerprint density at radius 3 is 2.80 bits per heavy atom. The van der Waals surface area contributed by atoms with E-state index >= 15 is 0 Å². The molecule has 3 heterocycles. The molecular weight excluding hydrogens is 342 g/mol. The van der Waals surface area contributed by atoms with Gasteiger partial charge in [0.25, 0.3) is 11.8 Å². The summed E-state index contributed by atoms with van der Waals surface area (Å²) in [7, 11) is 0. The van der Waals surface area contributed by atoms with Crippen LogP contribution in [0, 0.1) is 6.92 Å². The summed E-state index contributed by atoms with van der Waals surface area (Å²) in [5.74, 6) is 0.232. The van der Waals surface area contributed by atoms with Crippen molar-refractivity contribution in [2.75, 3.05) is 5.32 Å². The average molecular weight is 353 g/mol. The molecule has 0 saturated carbocycles. The highest BCUT2D eigenvalue weighted by molar-refractivity contribution is 7.09. The third kappa shape index (κ3) is 3.17. The zero-order valence-electron chi connectivity index (χ0n) is 13.0. The highest BCUT2D eigenvalue weighted by Crippen LogP contribution is 2.23. The molecule has 8 nitrogen and oxygen atoms in total. The largest absolute Gasteiger partial charge is 0.401 e. The lowest BCUT2D eigenvalue weighted by Gasteiger charge is -1.94. The van der Waals surface area contributed by atoms with E-state index < -0.39 is 5.91 Å². The zero-order chi connectivity index (χ0) is 17.2. The minimum atomic E-state index is -0.504. The summed E-state index contributed by atoms with van der Waals surface area (Å²) in [6.45, 7) is 1.88. The van der Waals surface area contributed by atoms with Crippen molar-refractivity contribution in [3.63, 3.8) is 0 Å². The maximum absolute atomic E-state index is 12.2. The number of anilines is 1. The maximum Gasteiger partial charge on any atom is 0.322 e. The third-order valence-corrected chi connectivity index (χ3v) is 4.06. The fourth-order valence-electron chi connectivity index (χ4n) is 2.12. The summed E-state index contributed by atoms with van der Waals surface area (Å²) in [4.78, 5) is 16.5. The Morgan fingerprint density at radius 2 is 2.04 bits per heavy atom. The van der Waals surface area contributed by atoms with Crippen LogP contribution in [0.25, 0.3) is 22.9 Å². The van der Waals surface area contributed by atoms with Gasteiger partial charge in [0.2, 0.25) is 0 Å². The predicted molar refractivity (Wildman–Crippen MR) is 90.0 cm³/mol. The molecule has 0 radical (unpaired) electrons. The fourth-order valence-corrected chi connectivity index (χ4v) is 2.71. The molecule has 1 amide bonds. The molecule has 1 aromatic carbocycles. The van der Waals surface area contributed by atoms with Crippen LogP contribution >= 0.6 is 11.3 Å². The second-order valence-corrected chi connectivity index (χ2v) is 6.12. The molecule has 0 unspecified atom stereocenters. The van der Waals surface area contributed by atoms with Gasteiger partial charge in [-0.1, -0.05) is 40.6 Å². The number of carbonyl (C=O) groups is 1. The molecule has 0 saturated heterocycles. The standard InChI is InChI=1S/C16H11N5O3S/c1-9-17-12(8-25-9)15-19-20-16(23-15)18-14(22)11-7-13(24-21-11)10-5-3-2-4-6-10/h2-8H,1H3,(H,18,20,22). The van der Waals surface area contributed by atoms with Crippen LogP contribution in [0.2, 0.25) is 0 Å². The van der Waals surface area contributed by atoms with Gasteiger partial charge in [0, 0.05) is 17.0 Å². The van der Waals surface area contributed by atoms with Crippen LogP contribution in [-0.4, -0.2) is 26.2 Å². The van der Waals surface area contributed by atoms with Crippen molar-refractivity contribution in [2.45, 2.75) is 6.92 Å². The van der Waals surface area contributed by atoms with Crippen LogP contribution < -0.4 is 5.32 Å². The molecule has 0 fully saturated rings. The Balaban J connectivity index is 1.49. The van der Waals surface area contributed by atoms with Crippen molar-refractivity contribution in [3.8, 4) is 22.9 Å². The summed E-state index contributed by atoms with van der Waals surface area (Å²) >= 11 is 1.47. The normalized spacial score (nSPS) is 10.8. The topological polar surface area (TPSA) is 107 Å². The average Bonchev–Trinajstić information content (AvgIpc) is 3.35. The Bertz CT molecular complexity index is 1020. The summed E-state index contributed by atoms with van der Waals surface area (Å²) < 4.78 is 10.6. The number of aromatic nitrogens is 4. The number of hydrogen-bond acceptors (Lipinski definition) is 8. The highest BCUT2D eigenvalue weighted by atomic mass is 32.1. The van der Waals surface area contributed by atoms with E-state index in [1.54, 1.807) is 11.4 Å². The van der Waals surface area contributed by atoms with Gasteiger partial charge in [-0.25, -0.2) is 4.98 Å². The Hall–Kier alpha value is -3.33. The first-order valence-corrected chi connectivity index (χ1v) is 8.16. The molecule has 4 rings (SSSR count). The molecule has 0 atom stereocenters. The lowest BCUT2D eigenvalue weighted by molar-refractivity contribution is 0.101. The van der Waals surface area contributed by atoms with Crippen LogP contribution in [-0.2, 0) is 0 Å². The van der Waals surface area contributed by atoms with Crippen molar-refractivity contribution in [1.82, 2.24) is 20.3 Å². The summed E-state index contributed by atoms with van der Waals surface area (Å²) in [6, 6.07) is 10.9. The lowest BCUT2D eigenvalue weighted by atomic mass is 10.1. The number of hydrogen-bond donors (Lipinski definition) is 1.